The maximum Gasteiger partial charge on any atom is 0.261 e. The number of nitrogens with zero attached hydrogens (tertiary/aromatic N) is 4. The highest BCUT2D eigenvalue weighted by atomic mass is 79.9. The summed E-state index contributed by atoms with van der Waals surface area (Å²) >= 11 is 3.52. The molecule has 242 valence electrons. The molecule has 3 aromatic carbocycles. The van der Waals surface area contributed by atoms with Gasteiger partial charge in [0.25, 0.3) is 5.56 Å². The van der Waals surface area contributed by atoms with Crippen LogP contribution >= 0.6 is 15.9 Å². The number of anilines is 2. The minimum absolute atomic E-state index is 0.163. The first-order chi connectivity index (χ1) is 22.8. The minimum atomic E-state index is -0.531. The summed E-state index contributed by atoms with van der Waals surface area (Å²) < 4.78 is 18.0. The number of fused-ring (bicyclic) bond motifs is 5. The monoisotopic (exact) mass is 699 g/mol. The Hall–Kier alpha value is -4.29. The standard InChI is InChI=1S/C35H35BrFN7O3/c36-25-2-1-3-30-32(25)34(47)41-35-39-28-19-23(5-8-29(28)44(30)35)43-16-12-22(13-17-43)42-14-10-20(11-15-42)24-6-4-21(18-26(24)37)38-27-7-9-31(45)40-33(27)46/h1-6,8,18-20,22,27,38H,7,9-17H2,(H,39,41,47)(H,40,45,46). The number of likely N-dealkylation sites (tertiary alicyclic amines) is 1. The molecule has 5 heterocycles. The van der Waals surface area contributed by atoms with Crippen molar-refractivity contribution in [2.45, 2.75) is 56.5 Å². The van der Waals surface area contributed by atoms with Crippen molar-refractivity contribution in [1.29, 1.82) is 0 Å². The number of rotatable bonds is 5. The van der Waals surface area contributed by atoms with Crippen molar-refractivity contribution in [2.75, 3.05) is 36.4 Å². The van der Waals surface area contributed by atoms with Gasteiger partial charge in [0, 0.05) is 41.4 Å². The number of imidazole rings is 1. The summed E-state index contributed by atoms with van der Waals surface area (Å²) in [6.45, 7) is 3.79. The van der Waals surface area contributed by atoms with Crippen molar-refractivity contribution in [3.8, 4) is 0 Å². The lowest BCUT2D eigenvalue weighted by atomic mass is 9.87. The van der Waals surface area contributed by atoms with E-state index < -0.39 is 6.04 Å². The predicted molar refractivity (Wildman–Crippen MR) is 184 cm³/mol. The van der Waals surface area contributed by atoms with Crippen molar-refractivity contribution < 1.29 is 14.0 Å². The summed E-state index contributed by atoms with van der Waals surface area (Å²) in [7, 11) is 0. The zero-order valence-electron chi connectivity index (χ0n) is 25.8. The van der Waals surface area contributed by atoms with E-state index in [1.165, 1.54) is 6.07 Å². The first-order valence-electron chi connectivity index (χ1n) is 16.3. The quantitative estimate of drug-likeness (QED) is 0.214. The van der Waals surface area contributed by atoms with Crippen LogP contribution in [0.5, 0.6) is 0 Å². The third-order valence-corrected chi connectivity index (χ3v) is 10.9. The topological polar surface area (TPSA) is 115 Å². The van der Waals surface area contributed by atoms with E-state index in [9.17, 15) is 14.4 Å². The highest BCUT2D eigenvalue weighted by Crippen LogP contribution is 2.34. The second-order valence-electron chi connectivity index (χ2n) is 12.9. The molecule has 47 heavy (non-hydrogen) atoms. The third-order valence-electron chi connectivity index (χ3n) is 10.2. The van der Waals surface area contributed by atoms with Crippen LogP contribution in [0.3, 0.4) is 0 Å². The summed E-state index contributed by atoms with van der Waals surface area (Å²) in [5.74, 6) is -0.172. The van der Waals surface area contributed by atoms with Crippen molar-refractivity contribution in [3.05, 3.63) is 80.8 Å². The number of amides is 2. The van der Waals surface area contributed by atoms with E-state index in [1.54, 1.807) is 0 Å². The van der Waals surface area contributed by atoms with E-state index in [-0.39, 0.29) is 35.5 Å². The Bertz CT molecular complexity index is 2100. The smallest absolute Gasteiger partial charge is 0.261 e. The third kappa shape index (κ3) is 5.57. The summed E-state index contributed by atoms with van der Waals surface area (Å²) in [4.78, 5) is 49.0. The molecule has 1 atom stereocenters. The highest BCUT2D eigenvalue weighted by Gasteiger charge is 2.31. The number of benzene rings is 3. The lowest BCUT2D eigenvalue weighted by Crippen LogP contribution is -2.47. The minimum Gasteiger partial charge on any atom is -0.374 e. The van der Waals surface area contributed by atoms with Crippen LogP contribution in [0.15, 0.2) is 63.9 Å². The lowest BCUT2D eigenvalue weighted by Gasteiger charge is -2.42. The van der Waals surface area contributed by atoms with Crippen LogP contribution in [0.4, 0.5) is 15.8 Å². The molecule has 0 bridgehead atoms. The molecule has 3 N–H and O–H groups in total. The number of aromatic amines is 1. The van der Waals surface area contributed by atoms with Gasteiger partial charge in [-0.2, -0.15) is 0 Å². The van der Waals surface area contributed by atoms with Crippen LogP contribution in [0.25, 0.3) is 27.7 Å². The highest BCUT2D eigenvalue weighted by molar-refractivity contribution is 9.10. The SMILES string of the molecule is O=C1CCC(Nc2ccc(C3CCN(C4CCN(c5ccc6c(c5)nc5[nH]c(=O)c7c(Br)cccc7n56)CC4)CC3)c(F)c2)C(=O)N1. The zero-order valence-corrected chi connectivity index (χ0v) is 27.4. The largest absolute Gasteiger partial charge is 0.374 e. The Kier molecular flexibility index (Phi) is 7.72. The number of aromatic nitrogens is 3. The molecular weight excluding hydrogens is 665 g/mol. The van der Waals surface area contributed by atoms with Crippen molar-refractivity contribution in [3.63, 3.8) is 0 Å². The fourth-order valence-corrected chi connectivity index (χ4v) is 8.26. The Morgan fingerprint density at radius 2 is 1.70 bits per heavy atom. The molecule has 3 aliphatic rings. The van der Waals surface area contributed by atoms with E-state index in [2.05, 4.69) is 59.5 Å². The molecule has 0 spiro atoms. The average molecular weight is 701 g/mol. The fourth-order valence-electron chi connectivity index (χ4n) is 7.73. The number of hydrogen-bond acceptors (Lipinski definition) is 7. The van der Waals surface area contributed by atoms with Crippen LogP contribution in [0, 0.1) is 5.82 Å². The molecule has 2 amide bonds. The molecule has 10 nitrogen and oxygen atoms in total. The first-order valence-corrected chi connectivity index (χ1v) is 17.1. The molecule has 1 unspecified atom stereocenters. The van der Waals surface area contributed by atoms with Gasteiger partial charge in [-0.25, -0.2) is 9.37 Å². The lowest BCUT2D eigenvalue weighted by molar-refractivity contribution is -0.133. The Morgan fingerprint density at radius 3 is 2.47 bits per heavy atom. The van der Waals surface area contributed by atoms with E-state index in [0.29, 0.717) is 29.3 Å². The summed E-state index contributed by atoms with van der Waals surface area (Å²) in [5.41, 5.74) is 4.89. The second-order valence-corrected chi connectivity index (χ2v) is 13.8. The van der Waals surface area contributed by atoms with Crippen LogP contribution in [0.2, 0.25) is 0 Å². The average Bonchev–Trinajstić information content (AvgIpc) is 3.44. The van der Waals surface area contributed by atoms with Gasteiger partial charge in [0.2, 0.25) is 17.6 Å². The van der Waals surface area contributed by atoms with Crippen molar-refractivity contribution in [2.24, 2.45) is 0 Å². The normalized spacial score (nSPS) is 20.4. The van der Waals surface area contributed by atoms with Crippen LogP contribution in [-0.2, 0) is 9.59 Å². The van der Waals surface area contributed by atoms with Gasteiger partial charge in [-0.15, -0.1) is 0 Å². The van der Waals surface area contributed by atoms with E-state index in [0.717, 1.165) is 84.1 Å². The zero-order chi connectivity index (χ0) is 32.2. The molecule has 0 saturated carbocycles. The van der Waals surface area contributed by atoms with Crippen molar-refractivity contribution >= 4 is 66.8 Å². The number of imide groups is 1. The maximum absolute atomic E-state index is 15.2. The molecule has 3 saturated heterocycles. The van der Waals surface area contributed by atoms with Crippen LogP contribution in [-0.4, -0.2) is 69.3 Å². The summed E-state index contributed by atoms with van der Waals surface area (Å²) in [6, 6.07) is 17.3. The van der Waals surface area contributed by atoms with Gasteiger partial charge in [0.15, 0.2) is 0 Å². The molecule has 12 heteroatoms. The van der Waals surface area contributed by atoms with Crippen molar-refractivity contribution in [1.82, 2.24) is 24.6 Å². The van der Waals surface area contributed by atoms with Gasteiger partial charge in [0.1, 0.15) is 11.9 Å². The predicted octanol–water partition coefficient (Wildman–Crippen LogP) is 5.30. The number of nitrogens with one attached hydrogen (secondary N) is 3. The molecule has 0 radical (unpaired) electrons. The Balaban J connectivity index is 0.889. The number of H-pyrrole nitrogens is 1. The summed E-state index contributed by atoms with van der Waals surface area (Å²) in [6.07, 6.45) is 4.63. The number of carbonyl (C=O) groups excluding carboxylic acids is 2. The second kappa shape index (κ2) is 12.1. The van der Waals surface area contributed by atoms with Gasteiger partial charge in [-0.3, -0.25) is 29.1 Å². The van der Waals surface area contributed by atoms with Gasteiger partial charge in [-0.1, -0.05) is 12.1 Å². The van der Waals surface area contributed by atoms with Gasteiger partial charge in [-0.05, 0) is 115 Å². The Morgan fingerprint density at radius 1 is 0.894 bits per heavy atom. The van der Waals surface area contributed by atoms with E-state index in [4.69, 9.17) is 4.98 Å². The maximum atomic E-state index is 15.2. The van der Waals surface area contributed by atoms with E-state index >= 15 is 4.39 Å². The molecule has 8 rings (SSSR count). The van der Waals surface area contributed by atoms with E-state index in [1.807, 2.05) is 34.7 Å². The van der Waals surface area contributed by atoms with Crippen LogP contribution in [0.1, 0.15) is 50.0 Å². The number of carbonyl (C=O) groups is 2. The first kappa shape index (κ1) is 30.1. The fraction of sp³-hybridized carbons (Fsp3) is 0.371. The number of halogens is 2. The summed E-state index contributed by atoms with van der Waals surface area (Å²) in [5, 5.41) is 6.02. The van der Waals surface area contributed by atoms with Gasteiger partial charge in [0.05, 0.1) is 21.9 Å². The molecule has 0 aliphatic carbocycles. The molecule has 2 aromatic heterocycles. The van der Waals surface area contributed by atoms with Crippen LogP contribution < -0.4 is 21.1 Å². The van der Waals surface area contributed by atoms with Gasteiger partial charge < -0.3 is 15.1 Å². The molecule has 5 aromatic rings. The van der Waals surface area contributed by atoms with Gasteiger partial charge >= 0.3 is 0 Å². The molecular formula is C35H35BrFN7O3. The number of piperidine rings is 3. The number of hydrogen-bond donors (Lipinski definition) is 3. The molecule has 3 aliphatic heterocycles. The Labute approximate surface area is 278 Å². The molecule has 3 fully saturated rings.